The highest BCUT2D eigenvalue weighted by atomic mass is 16.6. The van der Waals surface area contributed by atoms with Crippen molar-refractivity contribution >= 4 is 12.0 Å². The first-order chi connectivity index (χ1) is 7.56. The minimum Gasteiger partial charge on any atom is -0.444 e. The van der Waals surface area contributed by atoms with Crippen molar-refractivity contribution in [3.8, 4) is 0 Å². The lowest BCUT2D eigenvalue weighted by atomic mass is 10.0. The van der Waals surface area contributed by atoms with Gasteiger partial charge in [-0.2, -0.15) is 0 Å². The maximum absolute atomic E-state index is 11.3. The zero-order valence-corrected chi connectivity index (χ0v) is 11.1. The lowest BCUT2D eigenvalue weighted by Gasteiger charge is -2.24. The van der Waals surface area contributed by atoms with Gasteiger partial charge in [-0.1, -0.05) is 0 Å². The monoisotopic (exact) mass is 246 g/mol. The molecule has 0 fully saturated rings. The van der Waals surface area contributed by atoms with Crippen LogP contribution in [0.2, 0.25) is 0 Å². The Morgan fingerprint density at radius 3 is 2.18 bits per heavy atom. The Labute approximate surface area is 102 Å². The standard InChI is InChI=1S/C11H22N2O4/c1-10(2,3)17-9(15)13-7-11(4,16)6-8(14)12-5/h16H,6-7H2,1-5H3,(H,12,14)(H,13,15). The van der Waals surface area contributed by atoms with E-state index in [4.69, 9.17) is 4.74 Å². The van der Waals surface area contributed by atoms with Crippen LogP contribution in [-0.4, -0.2) is 41.9 Å². The summed E-state index contributed by atoms with van der Waals surface area (Å²) in [4.78, 5) is 22.4. The molecule has 0 bridgehead atoms. The fraction of sp³-hybridized carbons (Fsp3) is 0.818. The number of carbonyl (C=O) groups excluding carboxylic acids is 2. The third kappa shape index (κ3) is 8.50. The SMILES string of the molecule is CNC(=O)CC(C)(O)CNC(=O)OC(C)(C)C. The molecular weight excluding hydrogens is 224 g/mol. The van der Waals surface area contributed by atoms with Gasteiger partial charge in [-0.05, 0) is 27.7 Å². The summed E-state index contributed by atoms with van der Waals surface area (Å²) in [6.07, 6.45) is -0.700. The van der Waals surface area contributed by atoms with Gasteiger partial charge in [0.1, 0.15) is 5.60 Å². The number of amides is 2. The molecule has 100 valence electrons. The van der Waals surface area contributed by atoms with Crippen LogP contribution in [0.5, 0.6) is 0 Å². The lowest BCUT2D eigenvalue weighted by Crippen LogP contribution is -2.45. The zero-order chi connectivity index (χ0) is 13.7. The fourth-order valence-electron chi connectivity index (χ4n) is 1.07. The van der Waals surface area contributed by atoms with Gasteiger partial charge < -0.3 is 20.5 Å². The van der Waals surface area contributed by atoms with E-state index in [-0.39, 0.29) is 18.9 Å². The van der Waals surface area contributed by atoms with Gasteiger partial charge in [-0.3, -0.25) is 4.79 Å². The van der Waals surface area contributed by atoms with Gasteiger partial charge in [0.05, 0.1) is 12.0 Å². The summed E-state index contributed by atoms with van der Waals surface area (Å²) >= 11 is 0. The van der Waals surface area contributed by atoms with Crippen molar-refractivity contribution in [1.82, 2.24) is 10.6 Å². The molecule has 1 unspecified atom stereocenters. The summed E-state index contributed by atoms with van der Waals surface area (Å²) in [7, 11) is 1.49. The van der Waals surface area contributed by atoms with E-state index >= 15 is 0 Å². The van der Waals surface area contributed by atoms with Gasteiger partial charge in [-0.15, -0.1) is 0 Å². The molecule has 1 atom stereocenters. The molecule has 3 N–H and O–H groups in total. The Morgan fingerprint density at radius 1 is 1.24 bits per heavy atom. The molecular formula is C11H22N2O4. The Hall–Kier alpha value is -1.30. The molecule has 6 heteroatoms. The van der Waals surface area contributed by atoms with E-state index in [1.165, 1.54) is 14.0 Å². The van der Waals surface area contributed by atoms with Crippen molar-refractivity contribution in [3.05, 3.63) is 0 Å². The first-order valence-corrected chi connectivity index (χ1v) is 5.45. The second-order valence-electron chi connectivity index (χ2n) is 5.20. The Kier molecular flexibility index (Phi) is 5.41. The maximum atomic E-state index is 11.3. The van der Waals surface area contributed by atoms with Crippen LogP contribution < -0.4 is 10.6 Å². The summed E-state index contributed by atoms with van der Waals surface area (Å²) < 4.78 is 5.00. The quantitative estimate of drug-likeness (QED) is 0.670. The average Bonchev–Trinajstić information content (AvgIpc) is 2.11. The van der Waals surface area contributed by atoms with Gasteiger partial charge in [0.25, 0.3) is 0 Å². The number of carbonyl (C=O) groups is 2. The van der Waals surface area contributed by atoms with E-state index in [0.717, 1.165) is 0 Å². The molecule has 0 aromatic carbocycles. The second kappa shape index (κ2) is 5.86. The van der Waals surface area contributed by atoms with Crippen molar-refractivity contribution in [2.24, 2.45) is 0 Å². The van der Waals surface area contributed by atoms with Crippen molar-refractivity contribution in [3.63, 3.8) is 0 Å². The van der Waals surface area contributed by atoms with Crippen LogP contribution in [-0.2, 0) is 9.53 Å². The number of aliphatic hydroxyl groups is 1. The number of hydrogen-bond acceptors (Lipinski definition) is 4. The van der Waals surface area contributed by atoms with Gasteiger partial charge in [0.2, 0.25) is 5.91 Å². The Balaban J connectivity index is 4.09. The van der Waals surface area contributed by atoms with Crippen molar-refractivity contribution in [1.29, 1.82) is 0 Å². The van der Waals surface area contributed by atoms with Crippen molar-refractivity contribution in [2.75, 3.05) is 13.6 Å². The number of alkyl carbamates (subject to hydrolysis) is 1. The normalized spacial score (nSPS) is 14.7. The maximum Gasteiger partial charge on any atom is 0.407 e. The highest BCUT2D eigenvalue weighted by Gasteiger charge is 2.25. The molecule has 0 radical (unpaired) electrons. The largest absolute Gasteiger partial charge is 0.444 e. The Morgan fingerprint density at radius 2 is 1.76 bits per heavy atom. The van der Waals surface area contributed by atoms with Gasteiger partial charge in [0.15, 0.2) is 0 Å². The van der Waals surface area contributed by atoms with E-state index in [0.29, 0.717) is 0 Å². The molecule has 2 amide bonds. The van der Waals surface area contributed by atoms with Crippen LogP contribution >= 0.6 is 0 Å². The molecule has 0 aromatic heterocycles. The molecule has 0 aliphatic heterocycles. The predicted octanol–water partition coefficient (Wildman–Crippen LogP) is 0.398. The third-order valence-electron chi connectivity index (χ3n) is 1.83. The number of ether oxygens (including phenoxy) is 1. The first kappa shape index (κ1) is 15.7. The lowest BCUT2D eigenvalue weighted by molar-refractivity contribution is -0.124. The second-order valence-corrected chi connectivity index (χ2v) is 5.20. The van der Waals surface area contributed by atoms with E-state index in [1.54, 1.807) is 20.8 Å². The smallest absolute Gasteiger partial charge is 0.407 e. The fourth-order valence-corrected chi connectivity index (χ4v) is 1.07. The average molecular weight is 246 g/mol. The van der Waals surface area contributed by atoms with Gasteiger partial charge in [0, 0.05) is 13.6 Å². The Bertz CT molecular complexity index is 282. The van der Waals surface area contributed by atoms with Crippen molar-refractivity contribution < 1.29 is 19.4 Å². The van der Waals surface area contributed by atoms with Crippen LogP contribution in [0.15, 0.2) is 0 Å². The molecule has 0 saturated heterocycles. The first-order valence-electron chi connectivity index (χ1n) is 5.45. The van der Waals surface area contributed by atoms with E-state index in [1.807, 2.05) is 0 Å². The molecule has 0 aliphatic rings. The summed E-state index contributed by atoms with van der Waals surface area (Å²) in [6, 6.07) is 0. The minimum atomic E-state index is -1.29. The molecule has 0 saturated carbocycles. The van der Waals surface area contributed by atoms with Crippen LogP contribution in [0.1, 0.15) is 34.1 Å². The molecule has 0 aliphatic carbocycles. The number of nitrogens with one attached hydrogen (secondary N) is 2. The highest BCUT2D eigenvalue weighted by Crippen LogP contribution is 2.09. The number of rotatable bonds is 4. The van der Waals surface area contributed by atoms with Crippen LogP contribution in [0.4, 0.5) is 4.79 Å². The molecule has 17 heavy (non-hydrogen) atoms. The summed E-state index contributed by atoms with van der Waals surface area (Å²) in [5, 5.41) is 14.7. The molecule has 0 heterocycles. The number of hydrogen-bond donors (Lipinski definition) is 3. The molecule has 0 rings (SSSR count). The molecule has 0 aromatic rings. The van der Waals surface area contributed by atoms with Gasteiger partial charge >= 0.3 is 6.09 Å². The van der Waals surface area contributed by atoms with Crippen LogP contribution in [0.3, 0.4) is 0 Å². The topological polar surface area (TPSA) is 87.7 Å². The highest BCUT2D eigenvalue weighted by molar-refractivity contribution is 5.76. The summed E-state index contributed by atoms with van der Waals surface area (Å²) in [6.45, 7) is 6.66. The summed E-state index contributed by atoms with van der Waals surface area (Å²) in [5.74, 6) is -0.291. The van der Waals surface area contributed by atoms with E-state index in [2.05, 4.69) is 10.6 Å². The van der Waals surface area contributed by atoms with Gasteiger partial charge in [-0.25, -0.2) is 4.79 Å². The third-order valence-corrected chi connectivity index (χ3v) is 1.83. The predicted molar refractivity (Wildman–Crippen MR) is 63.5 cm³/mol. The molecule has 6 nitrogen and oxygen atoms in total. The van der Waals surface area contributed by atoms with Crippen molar-refractivity contribution in [2.45, 2.75) is 45.3 Å². The zero-order valence-electron chi connectivity index (χ0n) is 11.1. The van der Waals surface area contributed by atoms with E-state index < -0.39 is 17.3 Å². The van der Waals surface area contributed by atoms with Crippen LogP contribution in [0.25, 0.3) is 0 Å². The van der Waals surface area contributed by atoms with E-state index in [9.17, 15) is 14.7 Å². The molecule has 0 spiro atoms. The minimum absolute atomic E-state index is 0.0463. The summed E-state index contributed by atoms with van der Waals surface area (Å²) in [5.41, 5.74) is -1.88. The van der Waals surface area contributed by atoms with Crippen LogP contribution in [0, 0.1) is 0 Å².